The average Bonchev–Trinajstić information content (AvgIpc) is 2.86. The van der Waals surface area contributed by atoms with Crippen molar-refractivity contribution in [2.45, 2.75) is 31.6 Å². The van der Waals surface area contributed by atoms with Gasteiger partial charge in [-0.3, -0.25) is 4.79 Å². The molecule has 4 nitrogen and oxygen atoms in total. The first kappa shape index (κ1) is 16.3. The summed E-state index contributed by atoms with van der Waals surface area (Å²) in [4.78, 5) is 26.4. The van der Waals surface area contributed by atoms with E-state index in [1.54, 1.807) is 29.2 Å². The molecule has 4 rings (SSSR count). The third-order valence-corrected chi connectivity index (χ3v) is 6.43. The highest BCUT2D eigenvalue weighted by Gasteiger charge is 2.14. The lowest BCUT2D eigenvalue weighted by Crippen LogP contribution is -2.06. The van der Waals surface area contributed by atoms with Gasteiger partial charge in [0.1, 0.15) is 15.7 Å². The van der Waals surface area contributed by atoms with Crippen molar-refractivity contribution >= 4 is 44.2 Å². The average molecular weight is 367 g/mol. The summed E-state index contributed by atoms with van der Waals surface area (Å²) < 4.78 is 0. The molecule has 3 heterocycles. The summed E-state index contributed by atoms with van der Waals surface area (Å²) >= 11 is 3.39. The van der Waals surface area contributed by atoms with E-state index in [-0.39, 0.29) is 5.56 Å². The highest BCUT2D eigenvalue weighted by Crippen LogP contribution is 2.36. The quantitative estimate of drug-likeness (QED) is 0.419. The third-order valence-electron chi connectivity index (χ3n) is 4.31. The first-order valence-electron chi connectivity index (χ1n) is 8.01. The molecule has 1 aromatic carbocycles. The molecule has 0 spiro atoms. The Kier molecular flexibility index (Phi) is 4.09. The van der Waals surface area contributed by atoms with Gasteiger partial charge in [0.2, 0.25) is 5.56 Å². The van der Waals surface area contributed by atoms with Gasteiger partial charge >= 0.3 is 0 Å². The molecule has 0 aliphatic heterocycles. The summed E-state index contributed by atoms with van der Waals surface area (Å²) in [6.07, 6.45) is 0. The summed E-state index contributed by atoms with van der Waals surface area (Å²) in [5, 5.41) is 3.22. The molecule has 0 aliphatic rings. The molecule has 0 aliphatic carbocycles. The molecule has 126 valence electrons. The molecule has 6 heteroatoms. The third kappa shape index (κ3) is 2.96. The van der Waals surface area contributed by atoms with Crippen LogP contribution in [0.4, 0.5) is 0 Å². The van der Waals surface area contributed by atoms with Crippen LogP contribution < -0.4 is 5.56 Å². The predicted molar refractivity (Wildman–Crippen MR) is 106 cm³/mol. The molecule has 0 unspecified atom stereocenters. The molecular weight excluding hydrogens is 350 g/mol. The number of pyridine rings is 1. The second-order valence-corrected chi connectivity index (χ2v) is 8.20. The molecule has 0 fully saturated rings. The van der Waals surface area contributed by atoms with Crippen LogP contribution in [0.1, 0.15) is 21.8 Å². The first-order chi connectivity index (χ1) is 12.0. The Hall–Kier alpha value is -2.18. The van der Waals surface area contributed by atoms with E-state index in [0.717, 1.165) is 37.5 Å². The number of nitrogens with zero attached hydrogens (tertiary/aromatic N) is 2. The van der Waals surface area contributed by atoms with E-state index in [1.165, 1.54) is 10.4 Å². The van der Waals surface area contributed by atoms with Crippen molar-refractivity contribution < 1.29 is 0 Å². The number of thioether (sulfide) groups is 1. The minimum Gasteiger partial charge on any atom is -0.322 e. The van der Waals surface area contributed by atoms with E-state index in [4.69, 9.17) is 0 Å². The van der Waals surface area contributed by atoms with Crippen molar-refractivity contribution in [2.75, 3.05) is 0 Å². The molecule has 4 aromatic rings. The van der Waals surface area contributed by atoms with Gasteiger partial charge in [0.05, 0.1) is 0 Å². The molecule has 0 bridgehead atoms. The van der Waals surface area contributed by atoms with E-state index in [0.29, 0.717) is 5.75 Å². The number of benzene rings is 1. The van der Waals surface area contributed by atoms with Gasteiger partial charge in [-0.2, -0.15) is 0 Å². The van der Waals surface area contributed by atoms with Gasteiger partial charge in [-0.05, 0) is 38.0 Å². The maximum Gasteiger partial charge on any atom is 0.248 e. The lowest BCUT2D eigenvalue weighted by molar-refractivity contribution is 1.01. The van der Waals surface area contributed by atoms with Gasteiger partial charge in [0.25, 0.3) is 0 Å². The number of aromatic amines is 1. The molecule has 3 aromatic heterocycles. The number of hydrogen-bond donors (Lipinski definition) is 1. The zero-order valence-corrected chi connectivity index (χ0v) is 15.8. The highest BCUT2D eigenvalue weighted by atomic mass is 32.2. The standard InChI is InChI=1S/C19H17N3OS2/c1-10-11(2)25-19-17(10)18(20-12(3)21-19)24-9-13-8-16(23)22-15-7-5-4-6-14(13)15/h4-8H,9H2,1-3H3,(H,22,23). The monoisotopic (exact) mass is 367 g/mol. The fraction of sp³-hybridized carbons (Fsp3) is 0.211. The molecule has 0 saturated carbocycles. The Labute approximate surface area is 153 Å². The Morgan fingerprint density at radius 1 is 1.16 bits per heavy atom. The number of para-hydroxylation sites is 1. The molecular formula is C19H17N3OS2. The van der Waals surface area contributed by atoms with Crippen molar-refractivity contribution in [2.24, 2.45) is 0 Å². The smallest absolute Gasteiger partial charge is 0.248 e. The summed E-state index contributed by atoms with van der Waals surface area (Å²) in [6.45, 7) is 6.17. The van der Waals surface area contributed by atoms with Gasteiger partial charge in [-0.25, -0.2) is 9.97 Å². The maximum absolute atomic E-state index is 12.0. The number of aromatic nitrogens is 3. The lowest BCUT2D eigenvalue weighted by Gasteiger charge is -2.08. The van der Waals surface area contributed by atoms with Crippen LogP contribution in [0.2, 0.25) is 0 Å². The van der Waals surface area contributed by atoms with Crippen LogP contribution in [0.3, 0.4) is 0 Å². The SMILES string of the molecule is Cc1nc(SCc2cc(=O)[nH]c3ccccc23)c2c(C)c(C)sc2n1. The number of H-pyrrole nitrogens is 1. The fourth-order valence-corrected chi connectivity index (χ4v) is 5.22. The van der Waals surface area contributed by atoms with Crippen LogP contribution in [0, 0.1) is 20.8 Å². The summed E-state index contributed by atoms with van der Waals surface area (Å²) in [6, 6.07) is 9.59. The van der Waals surface area contributed by atoms with Crippen LogP contribution in [0.5, 0.6) is 0 Å². The topological polar surface area (TPSA) is 58.6 Å². The zero-order chi connectivity index (χ0) is 17.6. The Morgan fingerprint density at radius 3 is 2.80 bits per heavy atom. The zero-order valence-electron chi connectivity index (χ0n) is 14.2. The van der Waals surface area contributed by atoms with Gasteiger partial charge in [0.15, 0.2) is 0 Å². The molecule has 0 radical (unpaired) electrons. The van der Waals surface area contributed by atoms with E-state index in [9.17, 15) is 4.79 Å². The molecule has 0 atom stereocenters. The summed E-state index contributed by atoms with van der Waals surface area (Å²) in [7, 11) is 0. The van der Waals surface area contributed by atoms with Crippen LogP contribution in [0.25, 0.3) is 21.1 Å². The van der Waals surface area contributed by atoms with Crippen LogP contribution in [-0.2, 0) is 5.75 Å². The first-order valence-corrected chi connectivity index (χ1v) is 9.81. The molecule has 25 heavy (non-hydrogen) atoms. The second-order valence-electron chi connectivity index (χ2n) is 6.03. The van der Waals surface area contributed by atoms with Gasteiger partial charge < -0.3 is 4.98 Å². The van der Waals surface area contributed by atoms with E-state index >= 15 is 0 Å². The maximum atomic E-state index is 12.0. The highest BCUT2D eigenvalue weighted by molar-refractivity contribution is 7.98. The van der Waals surface area contributed by atoms with E-state index < -0.39 is 0 Å². The number of thiophene rings is 1. The molecule has 0 amide bonds. The lowest BCUT2D eigenvalue weighted by atomic mass is 10.1. The Balaban J connectivity index is 1.78. The molecule has 0 saturated heterocycles. The minimum atomic E-state index is -0.0686. The predicted octanol–water partition coefficient (Wildman–Crippen LogP) is 4.75. The van der Waals surface area contributed by atoms with Crippen LogP contribution >= 0.6 is 23.1 Å². The van der Waals surface area contributed by atoms with Crippen molar-refractivity contribution in [3.63, 3.8) is 0 Å². The van der Waals surface area contributed by atoms with Crippen molar-refractivity contribution in [3.8, 4) is 0 Å². The Bertz CT molecular complexity index is 1160. The van der Waals surface area contributed by atoms with Gasteiger partial charge in [0, 0.05) is 33.0 Å². The number of nitrogens with one attached hydrogen (secondary N) is 1. The van der Waals surface area contributed by atoms with Crippen molar-refractivity contribution in [1.82, 2.24) is 15.0 Å². The summed E-state index contributed by atoms with van der Waals surface area (Å²) in [5.41, 5.74) is 3.08. The number of hydrogen-bond acceptors (Lipinski definition) is 5. The fourth-order valence-electron chi connectivity index (χ4n) is 2.96. The van der Waals surface area contributed by atoms with Gasteiger partial charge in [-0.1, -0.05) is 18.2 Å². The van der Waals surface area contributed by atoms with E-state index in [2.05, 4.69) is 28.8 Å². The van der Waals surface area contributed by atoms with Crippen molar-refractivity contribution in [3.05, 3.63) is 62.5 Å². The van der Waals surface area contributed by atoms with Crippen LogP contribution in [0.15, 0.2) is 40.2 Å². The number of rotatable bonds is 3. The van der Waals surface area contributed by atoms with E-state index in [1.807, 2.05) is 31.2 Å². The largest absolute Gasteiger partial charge is 0.322 e. The van der Waals surface area contributed by atoms with Crippen LogP contribution in [-0.4, -0.2) is 15.0 Å². The normalized spacial score (nSPS) is 11.5. The van der Waals surface area contributed by atoms with Crippen molar-refractivity contribution in [1.29, 1.82) is 0 Å². The minimum absolute atomic E-state index is 0.0686. The molecule has 1 N–H and O–H groups in total. The second kappa shape index (κ2) is 6.28. The van der Waals surface area contributed by atoms with Gasteiger partial charge in [-0.15, -0.1) is 23.1 Å². The number of fused-ring (bicyclic) bond motifs is 2. The summed E-state index contributed by atoms with van der Waals surface area (Å²) in [5.74, 6) is 1.48. The Morgan fingerprint density at radius 2 is 1.96 bits per heavy atom. The number of aryl methyl sites for hydroxylation is 3.